The van der Waals surface area contributed by atoms with Gasteiger partial charge in [-0.05, 0) is 18.2 Å². The van der Waals surface area contributed by atoms with E-state index in [1.807, 2.05) is 6.07 Å². The third kappa shape index (κ3) is 3.49. The summed E-state index contributed by atoms with van der Waals surface area (Å²) in [5.74, 6) is -0.228. The summed E-state index contributed by atoms with van der Waals surface area (Å²) in [6, 6.07) is 10.2. The molecular formula is C13H13N3O3. The van der Waals surface area contributed by atoms with Crippen LogP contribution in [0, 0.1) is 0 Å². The third-order valence-electron chi connectivity index (χ3n) is 2.40. The number of rotatable bonds is 4. The first-order valence-corrected chi connectivity index (χ1v) is 5.64. The zero-order chi connectivity index (χ0) is 13.7. The second-order valence-electron chi connectivity index (χ2n) is 3.87. The molecule has 0 fully saturated rings. The minimum atomic E-state index is -0.256. The molecule has 1 amide bonds. The number of carbonyl (C=O) groups is 1. The second kappa shape index (κ2) is 5.92. The van der Waals surface area contributed by atoms with Crippen LogP contribution in [0.2, 0.25) is 0 Å². The van der Waals surface area contributed by atoms with Crippen molar-refractivity contribution >= 4 is 11.6 Å². The van der Waals surface area contributed by atoms with E-state index >= 15 is 0 Å². The molecule has 0 bridgehead atoms. The maximum atomic E-state index is 11.4. The smallest absolute Gasteiger partial charge is 0.264 e. The molecule has 0 saturated heterocycles. The van der Waals surface area contributed by atoms with Crippen LogP contribution in [0.25, 0.3) is 11.3 Å². The van der Waals surface area contributed by atoms with Gasteiger partial charge in [0.25, 0.3) is 5.56 Å². The second-order valence-corrected chi connectivity index (χ2v) is 3.87. The van der Waals surface area contributed by atoms with E-state index in [1.165, 1.54) is 13.2 Å². The molecule has 1 aromatic heterocycles. The molecule has 0 atom stereocenters. The zero-order valence-electron chi connectivity index (χ0n) is 10.3. The minimum absolute atomic E-state index is 0.00113. The van der Waals surface area contributed by atoms with Gasteiger partial charge in [-0.15, -0.1) is 0 Å². The van der Waals surface area contributed by atoms with Crippen molar-refractivity contribution in [2.24, 2.45) is 0 Å². The molecule has 6 nitrogen and oxygen atoms in total. The quantitative estimate of drug-likeness (QED) is 0.858. The van der Waals surface area contributed by atoms with Gasteiger partial charge in [0.15, 0.2) is 0 Å². The van der Waals surface area contributed by atoms with E-state index in [0.717, 1.165) is 5.56 Å². The fraction of sp³-hybridized carbons (Fsp3) is 0.154. The van der Waals surface area contributed by atoms with Crippen molar-refractivity contribution in [3.05, 3.63) is 46.8 Å². The fourth-order valence-corrected chi connectivity index (χ4v) is 1.59. The molecule has 1 heterocycles. The number of aromatic nitrogens is 2. The number of aromatic amines is 1. The third-order valence-corrected chi connectivity index (χ3v) is 2.40. The summed E-state index contributed by atoms with van der Waals surface area (Å²) in [5, 5.41) is 9.00. The van der Waals surface area contributed by atoms with Crippen molar-refractivity contribution < 1.29 is 9.53 Å². The molecule has 2 aromatic rings. The van der Waals surface area contributed by atoms with Crippen LogP contribution >= 0.6 is 0 Å². The van der Waals surface area contributed by atoms with Crippen LogP contribution < -0.4 is 10.9 Å². The minimum Gasteiger partial charge on any atom is -0.375 e. The number of nitrogens with zero attached hydrogens (tertiary/aromatic N) is 1. The van der Waals surface area contributed by atoms with E-state index in [9.17, 15) is 9.59 Å². The van der Waals surface area contributed by atoms with Gasteiger partial charge in [-0.1, -0.05) is 12.1 Å². The van der Waals surface area contributed by atoms with Crippen molar-refractivity contribution in [1.29, 1.82) is 0 Å². The van der Waals surface area contributed by atoms with E-state index in [2.05, 4.69) is 15.5 Å². The average molecular weight is 259 g/mol. The van der Waals surface area contributed by atoms with Gasteiger partial charge in [-0.25, -0.2) is 5.10 Å². The van der Waals surface area contributed by atoms with Gasteiger partial charge >= 0.3 is 0 Å². The topological polar surface area (TPSA) is 84.1 Å². The molecule has 6 heteroatoms. The number of ether oxygens (including phenoxy) is 1. The first-order chi connectivity index (χ1) is 9.19. The Hall–Kier alpha value is -2.47. The summed E-state index contributed by atoms with van der Waals surface area (Å²) in [6.45, 7) is 0.00113. The highest BCUT2D eigenvalue weighted by Gasteiger charge is 2.04. The fourth-order valence-electron chi connectivity index (χ4n) is 1.59. The lowest BCUT2D eigenvalue weighted by Gasteiger charge is -2.06. The number of hydrogen-bond acceptors (Lipinski definition) is 4. The summed E-state index contributed by atoms with van der Waals surface area (Å²) < 4.78 is 4.74. The van der Waals surface area contributed by atoms with Crippen molar-refractivity contribution in [3.63, 3.8) is 0 Å². The van der Waals surface area contributed by atoms with Gasteiger partial charge in [-0.2, -0.15) is 5.10 Å². The predicted octanol–water partition coefficient (Wildman–Crippen LogP) is 1.02. The number of amides is 1. The number of H-pyrrole nitrogens is 1. The largest absolute Gasteiger partial charge is 0.375 e. The summed E-state index contributed by atoms with van der Waals surface area (Å²) >= 11 is 0. The Morgan fingerprint density at radius 2 is 2.21 bits per heavy atom. The van der Waals surface area contributed by atoms with Crippen molar-refractivity contribution in [3.8, 4) is 11.3 Å². The number of hydrogen-bond donors (Lipinski definition) is 2. The molecule has 0 aliphatic carbocycles. The van der Waals surface area contributed by atoms with Crippen molar-refractivity contribution in [2.75, 3.05) is 19.0 Å². The molecule has 0 radical (unpaired) electrons. The van der Waals surface area contributed by atoms with E-state index in [-0.39, 0.29) is 18.1 Å². The average Bonchev–Trinajstić information content (AvgIpc) is 2.40. The summed E-state index contributed by atoms with van der Waals surface area (Å²) in [7, 11) is 1.46. The molecule has 2 N–H and O–H groups in total. The standard InChI is InChI=1S/C13H13N3O3/c1-19-8-13(18)14-10-4-2-3-9(7-10)11-5-6-12(17)16-15-11/h2-7H,8H2,1H3,(H,14,18)(H,16,17). The Morgan fingerprint density at radius 3 is 2.89 bits per heavy atom. The number of nitrogens with one attached hydrogen (secondary N) is 2. The lowest BCUT2D eigenvalue weighted by Crippen LogP contribution is -2.17. The molecule has 98 valence electrons. The van der Waals surface area contributed by atoms with Gasteiger partial charge < -0.3 is 10.1 Å². The van der Waals surface area contributed by atoms with Gasteiger partial charge in [-0.3, -0.25) is 9.59 Å². The van der Waals surface area contributed by atoms with Crippen molar-refractivity contribution in [2.45, 2.75) is 0 Å². The van der Waals surface area contributed by atoms with Crippen molar-refractivity contribution in [1.82, 2.24) is 10.2 Å². The summed E-state index contributed by atoms with van der Waals surface area (Å²) in [4.78, 5) is 22.4. The molecule has 2 rings (SSSR count). The van der Waals surface area contributed by atoms with E-state index < -0.39 is 0 Å². The Bertz CT molecular complexity index is 617. The predicted molar refractivity (Wildman–Crippen MR) is 70.8 cm³/mol. The Kier molecular flexibility index (Phi) is 4.04. The van der Waals surface area contributed by atoms with Gasteiger partial charge in [0.1, 0.15) is 6.61 Å². The molecule has 0 spiro atoms. The zero-order valence-corrected chi connectivity index (χ0v) is 10.3. The Morgan fingerprint density at radius 1 is 1.37 bits per heavy atom. The van der Waals surface area contributed by atoms with Crippen LogP contribution in [0.5, 0.6) is 0 Å². The number of anilines is 1. The molecule has 0 aliphatic rings. The maximum Gasteiger partial charge on any atom is 0.264 e. The van der Waals surface area contributed by atoms with Crippen LogP contribution in [-0.2, 0) is 9.53 Å². The van der Waals surface area contributed by atoms with E-state index in [1.54, 1.807) is 24.3 Å². The normalized spacial score (nSPS) is 10.2. The molecule has 1 aromatic carbocycles. The highest BCUT2D eigenvalue weighted by molar-refractivity contribution is 5.92. The van der Waals surface area contributed by atoms with E-state index in [4.69, 9.17) is 4.74 Å². The number of carbonyl (C=O) groups excluding carboxylic acids is 1. The first kappa shape index (κ1) is 13.0. The molecule has 0 saturated carbocycles. The highest BCUT2D eigenvalue weighted by Crippen LogP contribution is 2.19. The number of methoxy groups -OCH3 is 1. The SMILES string of the molecule is COCC(=O)Nc1cccc(-c2ccc(=O)[nH]n2)c1. The van der Waals surface area contributed by atoms with Crippen LogP contribution in [0.4, 0.5) is 5.69 Å². The van der Waals surface area contributed by atoms with Crippen LogP contribution in [0.3, 0.4) is 0 Å². The molecule has 19 heavy (non-hydrogen) atoms. The van der Waals surface area contributed by atoms with Gasteiger partial charge in [0, 0.05) is 24.4 Å². The first-order valence-electron chi connectivity index (χ1n) is 5.64. The Balaban J connectivity index is 2.21. The lowest BCUT2D eigenvalue weighted by atomic mass is 10.1. The van der Waals surface area contributed by atoms with Crippen LogP contribution in [0.15, 0.2) is 41.2 Å². The van der Waals surface area contributed by atoms with Gasteiger partial charge in [0.05, 0.1) is 5.69 Å². The summed E-state index contributed by atoms with van der Waals surface area (Å²) in [6.07, 6.45) is 0. The molecule has 0 aliphatic heterocycles. The monoisotopic (exact) mass is 259 g/mol. The Labute approximate surface area is 109 Å². The van der Waals surface area contributed by atoms with Crippen LogP contribution in [0.1, 0.15) is 0 Å². The van der Waals surface area contributed by atoms with Gasteiger partial charge in [0.2, 0.25) is 5.91 Å². The maximum absolute atomic E-state index is 11.4. The highest BCUT2D eigenvalue weighted by atomic mass is 16.5. The summed E-state index contributed by atoms with van der Waals surface area (Å²) in [5.41, 5.74) is 1.81. The molecule has 0 unspecified atom stereocenters. The lowest BCUT2D eigenvalue weighted by molar-refractivity contribution is -0.119. The number of benzene rings is 1. The van der Waals surface area contributed by atoms with Crippen LogP contribution in [-0.4, -0.2) is 29.8 Å². The van der Waals surface area contributed by atoms with E-state index in [0.29, 0.717) is 11.4 Å². The molecular weight excluding hydrogens is 246 g/mol.